The highest BCUT2D eigenvalue weighted by Gasteiger charge is 2.31. The number of nitrogens with zero attached hydrogens (tertiary/aromatic N) is 1. The predicted octanol–water partition coefficient (Wildman–Crippen LogP) is 9.42. The van der Waals surface area contributed by atoms with Crippen molar-refractivity contribution < 1.29 is 0 Å². The molecule has 5 aromatic carbocycles. The number of hydrogen-bond acceptors (Lipinski definition) is 0. The molecule has 8 rings (SSSR count). The van der Waals surface area contributed by atoms with Gasteiger partial charge in [0, 0.05) is 28.3 Å². The average molecular weight is 472 g/mol. The van der Waals surface area contributed by atoms with Crippen LogP contribution < -0.4 is 0 Å². The molecule has 2 aliphatic carbocycles. The standard InChI is InChI=1S/C36H25N/c1-2-11-29-27(9-1)28-10-3-4-12-30(28)34-23-25(19-22-31(29)34)24-17-20-26(21-18-24)37-35-15-7-5-13-32(35)33-14-6-8-16-36(33)37/h1-23,28,30H. The summed E-state index contributed by atoms with van der Waals surface area (Å²) in [5.74, 6) is 0.786. The summed E-state index contributed by atoms with van der Waals surface area (Å²) in [6.07, 6.45) is 9.13. The molecule has 0 N–H and O–H groups in total. The molecular formula is C36H25N. The molecule has 0 bridgehead atoms. The maximum atomic E-state index is 2.42. The summed E-state index contributed by atoms with van der Waals surface area (Å²) >= 11 is 0. The normalized spacial score (nSPS) is 17.5. The van der Waals surface area contributed by atoms with E-state index in [2.05, 4.69) is 144 Å². The van der Waals surface area contributed by atoms with Gasteiger partial charge < -0.3 is 4.57 Å². The van der Waals surface area contributed by atoms with Gasteiger partial charge in [-0.2, -0.15) is 0 Å². The number of para-hydroxylation sites is 2. The first-order chi connectivity index (χ1) is 18.4. The summed E-state index contributed by atoms with van der Waals surface area (Å²) in [7, 11) is 0. The Balaban J connectivity index is 1.24. The van der Waals surface area contributed by atoms with Gasteiger partial charge >= 0.3 is 0 Å². The van der Waals surface area contributed by atoms with Gasteiger partial charge in [0.2, 0.25) is 0 Å². The molecule has 0 aliphatic heterocycles. The largest absolute Gasteiger partial charge is 0.309 e. The molecule has 6 aromatic rings. The zero-order valence-corrected chi connectivity index (χ0v) is 20.4. The summed E-state index contributed by atoms with van der Waals surface area (Å²) < 4.78 is 2.38. The van der Waals surface area contributed by atoms with Crippen molar-refractivity contribution in [3.05, 3.63) is 151 Å². The van der Waals surface area contributed by atoms with Crippen LogP contribution in [0, 0.1) is 0 Å². The number of fused-ring (bicyclic) bond motifs is 9. The second kappa shape index (κ2) is 7.94. The van der Waals surface area contributed by atoms with E-state index in [0.29, 0.717) is 11.8 Å². The summed E-state index contributed by atoms with van der Waals surface area (Å²) in [6.45, 7) is 0. The fraction of sp³-hybridized carbons (Fsp3) is 0.0556. The zero-order valence-electron chi connectivity index (χ0n) is 20.4. The van der Waals surface area contributed by atoms with Crippen LogP contribution >= 0.6 is 0 Å². The number of rotatable bonds is 2. The maximum Gasteiger partial charge on any atom is 0.0541 e. The highest BCUT2D eigenvalue weighted by molar-refractivity contribution is 6.09. The van der Waals surface area contributed by atoms with E-state index in [-0.39, 0.29) is 0 Å². The Hall–Kier alpha value is -4.62. The van der Waals surface area contributed by atoms with Gasteiger partial charge in [-0.25, -0.2) is 0 Å². The van der Waals surface area contributed by atoms with Gasteiger partial charge in [0.05, 0.1) is 11.0 Å². The molecule has 0 spiro atoms. The van der Waals surface area contributed by atoms with Crippen molar-refractivity contribution in [2.24, 2.45) is 0 Å². The van der Waals surface area contributed by atoms with Crippen LogP contribution in [0.2, 0.25) is 0 Å². The molecule has 0 saturated heterocycles. The second-order valence-corrected chi connectivity index (χ2v) is 10.1. The van der Waals surface area contributed by atoms with Crippen LogP contribution in [0.3, 0.4) is 0 Å². The van der Waals surface area contributed by atoms with Gasteiger partial charge in [-0.3, -0.25) is 0 Å². The van der Waals surface area contributed by atoms with E-state index in [1.54, 1.807) is 0 Å². The molecule has 1 aromatic heterocycles. The van der Waals surface area contributed by atoms with Gasteiger partial charge in [0.25, 0.3) is 0 Å². The SMILES string of the molecule is C1=CC2c3ccccc3-c3ccc(-c4ccc(-n5c6ccccc6c6ccccc65)cc4)cc3C2C=C1. The highest BCUT2D eigenvalue weighted by atomic mass is 15.0. The van der Waals surface area contributed by atoms with E-state index in [1.807, 2.05) is 0 Å². The summed E-state index contributed by atoms with van der Waals surface area (Å²) in [6, 6.07) is 42.3. The Morgan fingerprint density at radius 1 is 0.459 bits per heavy atom. The van der Waals surface area contributed by atoms with Gasteiger partial charge in [0.1, 0.15) is 0 Å². The van der Waals surface area contributed by atoms with Crippen LogP contribution in [0.5, 0.6) is 0 Å². The monoisotopic (exact) mass is 471 g/mol. The minimum atomic E-state index is 0.381. The lowest BCUT2D eigenvalue weighted by Crippen LogP contribution is -2.16. The fourth-order valence-electron chi connectivity index (χ4n) is 6.50. The van der Waals surface area contributed by atoms with E-state index in [1.165, 1.54) is 60.9 Å². The molecule has 1 heteroatoms. The van der Waals surface area contributed by atoms with Crippen LogP contribution in [0.15, 0.2) is 140 Å². The third-order valence-electron chi connectivity index (χ3n) is 8.19. The fourth-order valence-corrected chi connectivity index (χ4v) is 6.50. The number of hydrogen-bond donors (Lipinski definition) is 0. The molecule has 0 amide bonds. The minimum Gasteiger partial charge on any atom is -0.309 e. The lowest BCUT2D eigenvalue weighted by Gasteiger charge is -2.34. The Bertz CT molecular complexity index is 1830. The third kappa shape index (κ3) is 3.04. The van der Waals surface area contributed by atoms with Crippen LogP contribution in [-0.4, -0.2) is 4.57 Å². The van der Waals surface area contributed by atoms with E-state index in [4.69, 9.17) is 0 Å². The van der Waals surface area contributed by atoms with E-state index < -0.39 is 0 Å². The lowest BCUT2D eigenvalue weighted by atomic mass is 9.69. The van der Waals surface area contributed by atoms with Crippen molar-refractivity contribution in [1.29, 1.82) is 0 Å². The van der Waals surface area contributed by atoms with Crippen LogP contribution in [0.25, 0.3) is 49.7 Å². The van der Waals surface area contributed by atoms with Gasteiger partial charge in [-0.15, -0.1) is 0 Å². The molecule has 0 radical (unpaired) electrons. The van der Waals surface area contributed by atoms with Crippen LogP contribution in [0.1, 0.15) is 23.0 Å². The summed E-state index contributed by atoms with van der Waals surface area (Å²) in [4.78, 5) is 0. The van der Waals surface area contributed by atoms with Crippen molar-refractivity contribution in [3.63, 3.8) is 0 Å². The quantitative estimate of drug-likeness (QED) is 0.237. The Morgan fingerprint density at radius 3 is 1.76 bits per heavy atom. The molecular weight excluding hydrogens is 446 g/mol. The average Bonchev–Trinajstić information content (AvgIpc) is 3.32. The van der Waals surface area contributed by atoms with E-state index >= 15 is 0 Å². The van der Waals surface area contributed by atoms with E-state index in [0.717, 1.165) is 0 Å². The van der Waals surface area contributed by atoms with Crippen molar-refractivity contribution in [2.45, 2.75) is 11.8 Å². The van der Waals surface area contributed by atoms with E-state index in [9.17, 15) is 0 Å². The van der Waals surface area contributed by atoms with Gasteiger partial charge in [-0.05, 0) is 63.7 Å². The third-order valence-corrected chi connectivity index (χ3v) is 8.19. The number of benzene rings is 5. The zero-order chi connectivity index (χ0) is 24.3. The van der Waals surface area contributed by atoms with Crippen molar-refractivity contribution in [2.75, 3.05) is 0 Å². The smallest absolute Gasteiger partial charge is 0.0541 e. The van der Waals surface area contributed by atoms with Crippen LogP contribution in [0.4, 0.5) is 0 Å². The molecule has 174 valence electrons. The molecule has 2 aliphatic rings. The van der Waals surface area contributed by atoms with Gasteiger partial charge in [-0.1, -0.05) is 109 Å². The minimum absolute atomic E-state index is 0.381. The topological polar surface area (TPSA) is 4.93 Å². The molecule has 1 heterocycles. The second-order valence-electron chi connectivity index (χ2n) is 10.1. The molecule has 2 atom stereocenters. The molecule has 0 saturated carbocycles. The Morgan fingerprint density at radius 2 is 1.03 bits per heavy atom. The first kappa shape index (κ1) is 20.6. The first-order valence-electron chi connectivity index (χ1n) is 13.0. The molecule has 2 unspecified atom stereocenters. The predicted molar refractivity (Wildman–Crippen MR) is 155 cm³/mol. The molecule has 37 heavy (non-hydrogen) atoms. The highest BCUT2D eigenvalue weighted by Crippen LogP contribution is 2.50. The Kier molecular flexibility index (Phi) is 4.41. The number of aromatic nitrogens is 1. The first-order valence-corrected chi connectivity index (χ1v) is 13.0. The summed E-state index contributed by atoms with van der Waals surface area (Å²) in [5, 5.41) is 2.59. The summed E-state index contributed by atoms with van der Waals surface area (Å²) in [5.41, 5.74) is 11.8. The number of allylic oxidation sites excluding steroid dienone is 4. The van der Waals surface area contributed by atoms with Crippen LogP contribution in [-0.2, 0) is 0 Å². The Labute approximate surface area is 216 Å². The maximum absolute atomic E-state index is 2.42. The van der Waals surface area contributed by atoms with Gasteiger partial charge in [0.15, 0.2) is 0 Å². The molecule has 0 fully saturated rings. The van der Waals surface area contributed by atoms with Crippen molar-refractivity contribution in [3.8, 4) is 27.9 Å². The lowest BCUT2D eigenvalue weighted by molar-refractivity contribution is 0.720. The molecule has 1 nitrogen and oxygen atoms in total. The van der Waals surface area contributed by atoms with Crippen molar-refractivity contribution in [1.82, 2.24) is 4.57 Å². The van der Waals surface area contributed by atoms with Crippen molar-refractivity contribution >= 4 is 21.8 Å².